The van der Waals surface area contributed by atoms with Crippen molar-refractivity contribution in [3.05, 3.63) is 12.7 Å². The predicted molar refractivity (Wildman–Crippen MR) is 38.9 cm³/mol. The van der Waals surface area contributed by atoms with Gasteiger partial charge in [0.15, 0.2) is 6.29 Å². The van der Waals surface area contributed by atoms with E-state index < -0.39 is 0 Å². The first-order chi connectivity index (χ1) is 5.33. The summed E-state index contributed by atoms with van der Waals surface area (Å²) in [6.45, 7) is 4.92. The van der Waals surface area contributed by atoms with Crippen molar-refractivity contribution in [1.82, 2.24) is 5.32 Å². The zero-order chi connectivity index (χ0) is 8.10. The maximum atomic E-state index is 10.6. The molecule has 0 radical (unpaired) electrons. The van der Waals surface area contributed by atoms with E-state index in [-0.39, 0.29) is 12.2 Å². The van der Waals surface area contributed by atoms with Gasteiger partial charge in [0.1, 0.15) is 0 Å². The fraction of sp³-hybridized carbons (Fsp3) is 0.571. The lowest BCUT2D eigenvalue weighted by molar-refractivity contribution is -0.118. The van der Waals surface area contributed by atoms with Gasteiger partial charge in [-0.1, -0.05) is 6.58 Å². The lowest BCUT2D eigenvalue weighted by Crippen LogP contribution is -2.31. The summed E-state index contributed by atoms with van der Waals surface area (Å²) in [6.07, 6.45) is 0.938. The van der Waals surface area contributed by atoms with Crippen LogP contribution in [-0.4, -0.2) is 32.0 Å². The molecule has 1 amide bonds. The molecule has 1 aliphatic heterocycles. The van der Waals surface area contributed by atoms with Crippen molar-refractivity contribution in [2.45, 2.75) is 6.29 Å². The molecule has 1 N–H and O–H groups in total. The van der Waals surface area contributed by atoms with Gasteiger partial charge in [-0.2, -0.15) is 0 Å². The van der Waals surface area contributed by atoms with Gasteiger partial charge in [0.2, 0.25) is 5.91 Å². The summed E-state index contributed by atoms with van der Waals surface area (Å²) in [7, 11) is 0. The number of nitrogens with one attached hydrogen (secondary N) is 1. The van der Waals surface area contributed by atoms with Crippen LogP contribution in [0.25, 0.3) is 0 Å². The Morgan fingerprint density at radius 2 is 2.27 bits per heavy atom. The van der Waals surface area contributed by atoms with Crippen LogP contribution >= 0.6 is 0 Å². The molecule has 0 aliphatic carbocycles. The summed E-state index contributed by atoms with van der Waals surface area (Å²) in [6, 6.07) is 0. The van der Waals surface area contributed by atoms with Crippen molar-refractivity contribution in [3.63, 3.8) is 0 Å². The highest BCUT2D eigenvalue weighted by molar-refractivity contribution is 5.86. The van der Waals surface area contributed by atoms with Crippen LogP contribution in [0.1, 0.15) is 0 Å². The van der Waals surface area contributed by atoms with Crippen LogP contribution in [-0.2, 0) is 14.3 Å². The highest BCUT2D eigenvalue weighted by Gasteiger charge is 2.15. The summed E-state index contributed by atoms with van der Waals surface area (Å²) in [5.41, 5.74) is 0. The van der Waals surface area contributed by atoms with Crippen LogP contribution < -0.4 is 5.32 Å². The highest BCUT2D eigenvalue weighted by atomic mass is 16.7. The second-order valence-electron chi connectivity index (χ2n) is 2.12. The predicted octanol–water partition coefficient (Wildman–Crippen LogP) is -0.339. The van der Waals surface area contributed by atoms with Crippen molar-refractivity contribution in [2.75, 3.05) is 19.8 Å². The summed E-state index contributed by atoms with van der Waals surface area (Å²) >= 11 is 0. The zero-order valence-electron chi connectivity index (χ0n) is 6.21. The van der Waals surface area contributed by atoms with E-state index in [9.17, 15) is 4.79 Å². The van der Waals surface area contributed by atoms with Crippen molar-refractivity contribution >= 4 is 5.91 Å². The van der Waals surface area contributed by atoms with E-state index in [1.54, 1.807) is 0 Å². The quantitative estimate of drug-likeness (QED) is 0.570. The first kappa shape index (κ1) is 8.23. The third kappa shape index (κ3) is 2.69. The minimum atomic E-state index is -0.279. The number of hydrogen-bond donors (Lipinski definition) is 1. The average Bonchev–Trinajstić information content (AvgIpc) is 2.52. The molecule has 0 unspecified atom stereocenters. The molecule has 1 aliphatic rings. The minimum Gasteiger partial charge on any atom is -0.348 e. The summed E-state index contributed by atoms with van der Waals surface area (Å²) in [4.78, 5) is 10.6. The van der Waals surface area contributed by atoms with Gasteiger partial charge < -0.3 is 14.8 Å². The number of carbonyl (C=O) groups is 1. The van der Waals surface area contributed by atoms with Crippen molar-refractivity contribution < 1.29 is 14.3 Å². The lowest BCUT2D eigenvalue weighted by atomic mass is 10.5. The number of rotatable bonds is 3. The van der Waals surface area contributed by atoms with Gasteiger partial charge in [-0.15, -0.1) is 0 Å². The van der Waals surface area contributed by atoms with Crippen LogP contribution in [0.2, 0.25) is 0 Å². The molecule has 0 aromatic heterocycles. The van der Waals surface area contributed by atoms with Crippen molar-refractivity contribution in [2.24, 2.45) is 0 Å². The number of carbonyl (C=O) groups excluding carboxylic acids is 1. The monoisotopic (exact) mass is 157 g/mol. The summed E-state index contributed by atoms with van der Waals surface area (Å²) in [5.74, 6) is -0.205. The SMILES string of the molecule is C=CC(=O)NCC1OCCO1. The molecule has 0 saturated carbocycles. The molecule has 11 heavy (non-hydrogen) atoms. The Balaban J connectivity index is 2.10. The lowest BCUT2D eigenvalue weighted by Gasteiger charge is -2.08. The fourth-order valence-electron chi connectivity index (χ4n) is 0.781. The van der Waals surface area contributed by atoms with Crippen LogP contribution in [0.5, 0.6) is 0 Å². The Kier molecular flexibility index (Phi) is 3.07. The van der Waals surface area contributed by atoms with E-state index in [0.29, 0.717) is 19.8 Å². The molecule has 1 rings (SSSR count). The van der Waals surface area contributed by atoms with Gasteiger partial charge in [0, 0.05) is 0 Å². The van der Waals surface area contributed by atoms with E-state index in [1.807, 2.05) is 0 Å². The maximum Gasteiger partial charge on any atom is 0.243 e. The van der Waals surface area contributed by atoms with E-state index in [1.165, 1.54) is 6.08 Å². The Labute approximate surface area is 65.2 Å². The molecule has 0 aromatic carbocycles. The summed E-state index contributed by atoms with van der Waals surface area (Å²) < 4.78 is 10.2. The second-order valence-corrected chi connectivity index (χ2v) is 2.12. The molecule has 1 fully saturated rings. The molecule has 0 atom stereocenters. The van der Waals surface area contributed by atoms with Crippen molar-refractivity contribution in [1.29, 1.82) is 0 Å². The summed E-state index contributed by atoms with van der Waals surface area (Å²) in [5, 5.41) is 2.57. The highest BCUT2D eigenvalue weighted by Crippen LogP contribution is 2.00. The van der Waals surface area contributed by atoms with Gasteiger partial charge in [0.05, 0.1) is 19.8 Å². The van der Waals surface area contributed by atoms with Crippen LogP contribution in [0.15, 0.2) is 12.7 Å². The third-order valence-corrected chi connectivity index (χ3v) is 1.32. The largest absolute Gasteiger partial charge is 0.348 e. The Hall–Kier alpha value is -0.870. The number of hydrogen-bond acceptors (Lipinski definition) is 3. The molecule has 0 spiro atoms. The van der Waals surface area contributed by atoms with E-state index in [2.05, 4.69) is 11.9 Å². The van der Waals surface area contributed by atoms with Gasteiger partial charge in [0.25, 0.3) is 0 Å². The molecule has 62 valence electrons. The van der Waals surface area contributed by atoms with Gasteiger partial charge in [-0.25, -0.2) is 0 Å². The molecule has 1 heterocycles. The van der Waals surface area contributed by atoms with Gasteiger partial charge in [-0.3, -0.25) is 4.79 Å². The maximum absolute atomic E-state index is 10.6. The van der Waals surface area contributed by atoms with Gasteiger partial charge >= 0.3 is 0 Å². The fourth-order valence-corrected chi connectivity index (χ4v) is 0.781. The molecular formula is C7H11NO3. The molecule has 1 saturated heterocycles. The molecule has 0 aromatic rings. The van der Waals surface area contributed by atoms with E-state index in [4.69, 9.17) is 9.47 Å². The second kappa shape index (κ2) is 4.10. The zero-order valence-corrected chi connectivity index (χ0v) is 6.21. The van der Waals surface area contributed by atoms with Crippen LogP contribution in [0, 0.1) is 0 Å². The molecule has 4 heteroatoms. The standard InChI is InChI=1S/C7H11NO3/c1-2-6(9)8-5-7-10-3-4-11-7/h2,7H,1,3-5H2,(H,8,9). The first-order valence-corrected chi connectivity index (χ1v) is 3.46. The Morgan fingerprint density at radius 3 is 2.82 bits per heavy atom. The van der Waals surface area contributed by atoms with Crippen molar-refractivity contribution in [3.8, 4) is 0 Å². The number of amides is 1. The Morgan fingerprint density at radius 1 is 1.64 bits per heavy atom. The minimum absolute atomic E-state index is 0.205. The van der Waals surface area contributed by atoms with Gasteiger partial charge in [-0.05, 0) is 6.08 Å². The smallest absolute Gasteiger partial charge is 0.243 e. The topological polar surface area (TPSA) is 47.6 Å². The average molecular weight is 157 g/mol. The van der Waals surface area contributed by atoms with Crippen LogP contribution in [0.3, 0.4) is 0 Å². The molecule has 0 bridgehead atoms. The molecular weight excluding hydrogens is 146 g/mol. The normalized spacial score (nSPS) is 18.2. The third-order valence-electron chi connectivity index (χ3n) is 1.32. The first-order valence-electron chi connectivity index (χ1n) is 3.46. The number of ether oxygens (including phenoxy) is 2. The van der Waals surface area contributed by atoms with E-state index >= 15 is 0 Å². The van der Waals surface area contributed by atoms with Crippen LogP contribution in [0.4, 0.5) is 0 Å². The Bertz CT molecular complexity index is 152. The molecule has 4 nitrogen and oxygen atoms in total. The van der Waals surface area contributed by atoms with E-state index in [0.717, 1.165) is 0 Å².